The Morgan fingerprint density at radius 2 is 1.97 bits per heavy atom. The molecule has 0 fully saturated rings. The highest BCUT2D eigenvalue weighted by molar-refractivity contribution is 7.19. The molecule has 9 heteroatoms. The Hall–Kier alpha value is -3.59. The van der Waals surface area contributed by atoms with E-state index in [2.05, 4.69) is 20.3 Å². The Balaban J connectivity index is 1.80. The van der Waals surface area contributed by atoms with Gasteiger partial charge in [0.25, 0.3) is 11.5 Å². The number of amides is 1. The van der Waals surface area contributed by atoms with Gasteiger partial charge in [0, 0.05) is 18.4 Å². The van der Waals surface area contributed by atoms with Gasteiger partial charge >= 0.3 is 5.69 Å². The maximum absolute atomic E-state index is 13.2. The number of rotatable bonds is 6. The monoisotopic (exact) mass is 449 g/mol. The van der Waals surface area contributed by atoms with Gasteiger partial charge in [-0.25, -0.2) is 14.8 Å². The van der Waals surface area contributed by atoms with Crippen LogP contribution in [0, 0.1) is 0 Å². The number of nitrogens with one attached hydrogen (secondary N) is 2. The predicted molar refractivity (Wildman–Crippen MR) is 127 cm³/mol. The van der Waals surface area contributed by atoms with Gasteiger partial charge in [-0.05, 0) is 24.0 Å². The van der Waals surface area contributed by atoms with Crippen molar-refractivity contribution >= 4 is 33.4 Å². The number of anilines is 1. The summed E-state index contributed by atoms with van der Waals surface area (Å²) in [4.78, 5) is 50.4. The number of pyridine rings is 1. The van der Waals surface area contributed by atoms with Crippen LogP contribution in [0.2, 0.25) is 0 Å². The van der Waals surface area contributed by atoms with Gasteiger partial charge < -0.3 is 0 Å². The van der Waals surface area contributed by atoms with Gasteiger partial charge in [0.05, 0.1) is 15.8 Å². The van der Waals surface area contributed by atoms with Crippen molar-refractivity contribution in [2.45, 2.75) is 39.7 Å². The molecular weight excluding hydrogens is 426 g/mol. The summed E-state index contributed by atoms with van der Waals surface area (Å²) in [6.45, 7) is 6.20. The zero-order valence-electron chi connectivity index (χ0n) is 18.0. The maximum Gasteiger partial charge on any atom is 0.329 e. The minimum Gasteiger partial charge on any atom is -0.298 e. The number of carbonyl (C=O) groups is 1. The topological polar surface area (TPSA) is 110 Å². The normalized spacial score (nSPS) is 11.2. The highest BCUT2D eigenvalue weighted by Crippen LogP contribution is 2.29. The van der Waals surface area contributed by atoms with Crippen molar-refractivity contribution in [2.24, 2.45) is 0 Å². The molecule has 0 spiro atoms. The fraction of sp³-hybridized carbons (Fsp3) is 0.261. The van der Waals surface area contributed by atoms with Crippen molar-refractivity contribution in [1.29, 1.82) is 0 Å². The number of hydrogen-bond donors (Lipinski definition) is 2. The van der Waals surface area contributed by atoms with Crippen molar-refractivity contribution in [2.75, 3.05) is 5.32 Å². The summed E-state index contributed by atoms with van der Waals surface area (Å²) in [5.74, 6) is -0.472. The molecule has 0 aliphatic heterocycles. The third kappa shape index (κ3) is 4.11. The quantitative estimate of drug-likeness (QED) is 0.462. The van der Waals surface area contributed by atoms with Crippen LogP contribution in [-0.2, 0) is 6.54 Å². The van der Waals surface area contributed by atoms with Crippen LogP contribution in [-0.4, -0.2) is 25.4 Å². The number of aromatic nitrogens is 4. The first kappa shape index (κ1) is 21.6. The summed E-state index contributed by atoms with van der Waals surface area (Å²) < 4.78 is 1.41. The Bertz CT molecular complexity index is 1400. The number of benzene rings is 1. The van der Waals surface area contributed by atoms with Crippen LogP contribution < -0.4 is 16.6 Å². The maximum atomic E-state index is 13.2. The number of fused-ring (bicyclic) bond motifs is 1. The van der Waals surface area contributed by atoms with Crippen LogP contribution in [0.3, 0.4) is 0 Å². The van der Waals surface area contributed by atoms with E-state index in [4.69, 9.17) is 0 Å². The third-order valence-corrected chi connectivity index (χ3v) is 6.00. The van der Waals surface area contributed by atoms with Gasteiger partial charge in [0.2, 0.25) is 0 Å². The van der Waals surface area contributed by atoms with Crippen LogP contribution >= 0.6 is 11.3 Å². The largest absolute Gasteiger partial charge is 0.329 e. The molecule has 0 saturated heterocycles. The first-order valence-corrected chi connectivity index (χ1v) is 11.2. The van der Waals surface area contributed by atoms with Crippen LogP contribution in [0.15, 0.2) is 52.2 Å². The molecule has 0 saturated carbocycles. The number of carbonyl (C=O) groups excluding carboxylic acids is 1. The minimum atomic E-state index is -0.630. The van der Waals surface area contributed by atoms with E-state index >= 15 is 0 Å². The summed E-state index contributed by atoms with van der Waals surface area (Å²) in [7, 11) is 0. The van der Waals surface area contributed by atoms with Gasteiger partial charge in [0.15, 0.2) is 10.8 Å². The first-order valence-electron chi connectivity index (χ1n) is 10.4. The zero-order chi connectivity index (χ0) is 22.8. The summed E-state index contributed by atoms with van der Waals surface area (Å²) in [5, 5.41) is 3.32. The van der Waals surface area contributed by atoms with Crippen LogP contribution in [0.25, 0.3) is 21.5 Å². The van der Waals surface area contributed by atoms with Gasteiger partial charge in [-0.15, -0.1) is 0 Å². The number of aryl methyl sites for hydroxylation is 1. The molecule has 8 nitrogen and oxygen atoms in total. The Morgan fingerprint density at radius 3 is 2.66 bits per heavy atom. The SMILES string of the molecule is CCCn1c(=O)[nH]c(=O)c2c(C(=O)Nc3ncc(-c4ccccc4)s3)cc(C(C)C)nc21. The van der Waals surface area contributed by atoms with E-state index in [0.29, 0.717) is 23.8 Å². The van der Waals surface area contributed by atoms with E-state index in [1.54, 1.807) is 12.3 Å². The number of aromatic amines is 1. The van der Waals surface area contributed by atoms with E-state index in [-0.39, 0.29) is 22.5 Å². The standard InChI is InChI=1S/C23H23N5O3S/c1-4-10-28-19-18(21(30)27-23(28)31)15(11-16(25-19)13(2)3)20(29)26-22-24-12-17(32-22)14-8-6-5-7-9-14/h5-9,11-13H,4,10H2,1-3H3,(H,24,26,29)(H,27,30,31). The number of thiazole rings is 1. The van der Waals surface area contributed by atoms with Crippen molar-refractivity contribution in [3.63, 3.8) is 0 Å². The highest BCUT2D eigenvalue weighted by atomic mass is 32.1. The molecule has 3 heterocycles. The van der Waals surface area contributed by atoms with Crippen LogP contribution in [0.1, 0.15) is 49.2 Å². The average molecular weight is 450 g/mol. The summed E-state index contributed by atoms with van der Waals surface area (Å²) in [6.07, 6.45) is 2.38. The van der Waals surface area contributed by atoms with E-state index in [1.165, 1.54) is 15.9 Å². The molecule has 0 aliphatic rings. The summed E-state index contributed by atoms with van der Waals surface area (Å²) >= 11 is 1.34. The summed E-state index contributed by atoms with van der Waals surface area (Å²) in [6, 6.07) is 11.4. The smallest absolute Gasteiger partial charge is 0.298 e. The number of nitrogens with zero attached hydrogens (tertiary/aromatic N) is 3. The number of hydrogen-bond acceptors (Lipinski definition) is 6. The fourth-order valence-corrected chi connectivity index (χ4v) is 4.25. The molecule has 1 amide bonds. The molecule has 2 N–H and O–H groups in total. The molecule has 0 atom stereocenters. The third-order valence-electron chi connectivity index (χ3n) is 5.04. The van der Waals surface area contributed by atoms with Crippen LogP contribution in [0.4, 0.5) is 5.13 Å². The predicted octanol–water partition coefficient (Wildman–Crippen LogP) is 3.99. The average Bonchev–Trinajstić information content (AvgIpc) is 3.24. The lowest BCUT2D eigenvalue weighted by Gasteiger charge is -2.14. The molecule has 4 rings (SSSR count). The van der Waals surface area contributed by atoms with Gasteiger partial charge in [-0.1, -0.05) is 62.4 Å². The second kappa shape index (κ2) is 8.88. The van der Waals surface area contributed by atoms with E-state index < -0.39 is 17.2 Å². The van der Waals surface area contributed by atoms with E-state index in [0.717, 1.165) is 10.4 Å². The zero-order valence-corrected chi connectivity index (χ0v) is 18.8. The Morgan fingerprint density at radius 1 is 1.22 bits per heavy atom. The molecule has 3 aromatic heterocycles. The molecule has 32 heavy (non-hydrogen) atoms. The molecule has 4 aromatic rings. The molecule has 0 unspecified atom stereocenters. The van der Waals surface area contributed by atoms with Gasteiger partial charge in [0.1, 0.15) is 0 Å². The lowest BCUT2D eigenvalue weighted by molar-refractivity contribution is 0.102. The lowest BCUT2D eigenvalue weighted by Crippen LogP contribution is -2.32. The highest BCUT2D eigenvalue weighted by Gasteiger charge is 2.21. The number of H-pyrrole nitrogens is 1. The fourth-order valence-electron chi connectivity index (χ4n) is 3.43. The first-order chi connectivity index (χ1) is 15.4. The van der Waals surface area contributed by atoms with E-state index in [1.807, 2.05) is 51.1 Å². The minimum absolute atomic E-state index is 0.0000348. The molecule has 1 aromatic carbocycles. The molecule has 0 bridgehead atoms. The second-order valence-corrected chi connectivity index (χ2v) is 8.74. The molecule has 0 aliphatic carbocycles. The van der Waals surface area contributed by atoms with Crippen molar-refractivity contribution in [3.8, 4) is 10.4 Å². The van der Waals surface area contributed by atoms with E-state index in [9.17, 15) is 14.4 Å². The van der Waals surface area contributed by atoms with Crippen LogP contribution in [0.5, 0.6) is 0 Å². The van der Waals surface area contributed by atoms with Crippen molar-refractivity contribution in [3.05, 3.63) is 74.7 Å². The summed E-state index contributed by atoms with van der Waals surface area (Å²) in [5.41, 5.74) is 0.858. The molecule has 164 valence electrons. The van der Waals surface area contributed by atoms with Gasteiger partial charge in [-0.3, -0.25) is 24.5 Å². The second-order valence-electron chi connectivity index (χ2n) is 7.71. The molecule has 0 radical (unpaired) electrons. The van der Waals surface area contributed by atoms with Crippen molar-refractivity contribution < 1.29 is 4.79 Å². The van der Waals surface area contributed by atoms with Crippen molar-refractivity contribution in [1.82, 2.24) is 19.5 Å². The lowest BCUT2D eigenvalue weighted by atomic mass is 10.0. The molecular formula is C23H23N5O3S. The Kier molecular flexibility index (Phi) is 6.00. The van der Waals surface area contributed by atoms with Gasteiger partial charge in [-0.2, -0.15) is 0 Å². The Labute approximate surface area is 188 Å².